The summed E-state index contributed by atoms with van der Waals surface area (Å²) < 4.78 is 1.97. The Balaban J connectivity index is 2.15. The number of aryl methyl sites for hydroxylation is 1. The number of benzene rings is 1. The predicted octanol–water partition coefficient (Wildman–Crippen LogP) is 3.12. The molecule has 22 heavy (non-hydrogen) atoms. The summed E-state index contributed by atoms with van der Waals surface area (Å²) in [7, 11) is 0. The fraction of sp³-hybridized carbons (Fsp3) is 0.353. The van der Waals surface area contributed by atoms with Gasteiger partial charge in [-0.1, -0.05) is 43.7 Å². The molecule has 2 rings (SSSR count). The van der Waals surface area contributed by atoms with Crippen molar-refractivity contribution in [2.24, 2.45) is 0 Å². The standard InChI is InChI=1S/C17H20N4O/c1-3-4-10-20-13-19-16(14(20)2)17(22)21(12-18)11-15-8-6-5-7-9-15/h5-9,13H,3-4,10-11H2,1-2H3. The fourth-order valence-corrected chi connectivity index (χ4v) is 2.25. The average Bonchev–Trinajstić information content (AvgIpc) is 2.91. The molecule has 0 bridgehead atoms. The van der Waals surface area contributed by atoms with Crippen LogP contribution in [0.5, 0.6) is 0 Å². The minimum absolute atomic E-state index is 0.261. The quantitative estimate of drug-likeness (QED) is 0.608. The van der Waals surface area contributed by atoms with Gasteiger partial charge < -0.3 is 4.57 Å². The maximum absolute atomic E-state index is 12.5. The molecule has 0 aliphatic heterocycles. The van der Waals surface area contributed by atoms with E-state index in [0.29, 0.717) is 5.69 Å². The van der Waals surface area contributed by atoms with E-state index in [4.69, 9.17) is 0 Å². The first-order chi connectivity index (χ1) is 10.7. The van der Waals surface area contributed by atoms with Crippen LogP contribution < -0.4 is 0 Å². The third-order valence-electron chi connectivity index (χ3n) is 3.60. The van der Waals surface area contributed by atoms with Gasteiger partial charge in [0.1, 0.15) is 5.69 Å². The number of rotatable bonds is 6. The largest absolute Gasteiger partial charge is 0.334 e. The van der Waals surface area contributed by atoms with E-state index in [1.807, 2.05) is 48.0 Å². The summed E-state index contributed by atoms with van der Waals surface area (Å²) >= 11 is 0. The molecular formula is C17H20N4O. The highest BCUT2D eigenvalue weighted by Gasteiger charge is 2.21. The molecule has 0 unspecified atom stereocenters. The minimum atomic E-state index is -0.348. The highest BCUT2D eigenvalue weighted by Crippen LogP contribution is 2.13. The monoisotopic (exact) mass is 296 g/mol. The molecule has 0 aliphatic carbocycles. The zero-order valence-electron chi connectivity index (χ0n) is 13.0. The number of nitriles is 1. The van der Waals surface area contributed by atoms with Gasteiger partial charge in [-0.05, 0) is 18.9 Å². The summed E-state index contributed by atoms with van der Waals surface area (Å²) in [6, 6.07) is 9.47. The molecule has 2 aromatic rings. The molecule has 0 saturated carbocycles. The van der Waals surface area contributed by atoms with Crippen molar-refractivity contribution in [1.82, 2.24) is 14.5 Å². The predicted molar refractivity (Wildman–Crippen MR) is 83.8 cm³/mol. The van der Waals surface area contributed by atoms with Crippen molar-refractivity contribution in [3.05, 3.63) is 53.6 Å². The topological polar surface area (TPSA) is 61.9 Å². The molecule has 1 heterocycles. The number of nitrogens with zero attached hydrogens (tertiary/aromatic N) is 4. The number of carbonyl (C=O) groups excluding carboxylic acids is 1. The molecule has 1 aromatic carbocycles. The fourth-order valence-electron chi connectivity index (χ4n) is 2.25. The Morgan fingerprint density at radius 1 is 1.36 bits per heavy atom. The lowest BCUT2D eigenvalue weighted by molar-refractivity contribution is 0.0818. The van der Waals surface area contributed by atoms with Gasteiger partial charge in [0.2, 0.25) is 0 Å². The Hall–Kier alpha value is -2.61. The Bertz CT molecular complexity index is 670. The van der Waals surface area contributed by atoms with E-state index in [0.717, 1.165) is 35.5 Å². The first-order valence-corrected chi connectivity index (χ1v) is 7.44. The number of aromatic nitrogens is 2. The van der Waals surface area contributed by atoms with Crippen molar-refractivity contribution in [1.29, 1.82) is 5.26 Å². The lowest BCUT2D eigenvalue weighted by Gasteiger charge is -2.13. The van der Waals surface area contributed by atoms with Crippen LogP contribution in [0.2, 0.25) is 0 Å². The molecule has 5 nitrogen and oxygen atoms in total. The second kappa shape index (κ2) is 7.41. The zero-order chi connectivity index (χ0) is 15.9. The van der Waals surface area contributed by atoms with Crippen LogP contribution in [-0.4, -0.2) is 20.4 Å². The van der Waals surface area contributed by atoms with E-state index in [9.17, 15) is 10.1 Å². The van der Waals surface area contributed by atoms with Gasteiger partial charge in [0.05, 0.1) is 12.9 Å². The van der Waals surface area contributed by atoms with Gasteiger partial charge in [0, 0.05) is 12.2 Å². The Morgan fingerprint density at radius 3 is 2.73 bits per heavy atom. The number of amides is 1. The van der Waals surface area contributed by atoms with Gasteiger partial charge in [0.25, 0.3) is 5.91 Å². The number of unbranched alkanes of at least 4 members (excludes halogenated alkanes) is 1. The second-order valence-electron chi connectivity index (χ2n) is 5.20. The molecule has 0 fully saturated rings. The van der Waals surface area contributed by atoms with Crippen LogP contribution in [-0.2, 0) is 13.1 Å². The van der Waals surface area contributed by atoms with Gasteiger partial charge in [-0.15, -0.1) is 0 Å². The van der Waals surface area contributed by atoms with E-state index in [-0.39, 0.29) is 12.5 Å². The maximum Gasteiger partial charge on any atom is 0.287 e. The van der Waals surface area contributed by atoms with Gasteiger partial charge in [-0.2, -0.15) is 5.26 Å². The molecule has 1 amide bonds. The highest BCUT2D eigenvalue weighted by molar-refractivity contribution is 5.94. The number of hydrogen-bond donors (Lipinski definition) is 0. The summed E-state index contributed by atoms with van der Waals surface area (Å²) in [5.41, 5.74) is 2.08. The molecule has 0 aliphatic rings. The van der Waals surface area contributed by atoms with Gasteiger partial charge in [0.15, 0.2) is 6.19 Å². The molecule has 0 radical (unpaired) electrons. The Kier molecular flexibility index (Phi) is 5.31. The van der Waals surface area contributed by atoms with E-state index in [1.165, 1.54) is 0 Å². The zero-order valence-corrected chi connectivity index (χ0v) is 13.0. The second-order valence-corrected chi connectivity index (χ2v) is 5.20. The van der Waals surface area contributed by atoms with Gasteiger partial charge >= 0.3 is 0 Å². The lowest BCUT2D eigenvalue weighted by Crippen LogP contribution is -2.26. The van der Waals surface area contributed by atoms with Crippen LogP contribution in [0.4, 0.5) is 0 Å². The molecular weight excluding hydrogens is 276 g/mol. The molecule has 0 saturated heterocycles. The van der Waals surface area contributed by atoms with Gasteiger partial charge in [-0.25, -0.2) is 9.88 Å². The molecule has 0 atom stereocenters. The first kappa shape index (κ1) is 15.8. The maximum atomic E-state index is 12.5. The number of imidazole rings is 1. The van der Waals surface area contributed by atoms with Crippen molar-refractivity contribution in [2.75, 3.05) is 0 Å². The van der Waals surface area contributed by atoms with E-state index >= 15 is 0 Å². The van der Waals surface area contributed by atoms with Crippen LogP contribution >= 0.6 is 0 Å². The third-order valence-corrected chi connectivity index (χ3v) is 3.60. The minimum Gasteiger partial charge on any atom is -0.334 e. The van der Waals surface area contributed by atoms with Gasteiger partial charge in [-0.3, -0.25) is 4.79 Å². The van der Waals surface area contributed by atoms with Crippen LogP contribution in [0, 0.1) is 18.4 Å². The van der Waals surface area contributed by atoms with Crippen molar-refractivity contribution < 1.29 is 4.79 Å². The lowest BCUT2D eigenvalue weighted by atomic mass is 10.2. The van der Waals surface area contributed by atoms with E-state index in [2.05, 4.69) is 11.9 Å². The molecule has 1 aromatic heterocycles. The molecule has 5 heteroatoms. The summed E-state index contributed by atoms with van der Waals surface area (Å²) in [5.74, 6) is -0.348. The average molecular weight is 296 g/mol. The smallest absolute Gasteiger partial charge is 0.287 e. The molecule has 114 valence electrons. The van der Waals surface area contributed by atoms with Crippen molar-refractivity contribution in [2.45, 2.75) is 39.8 Å². The van der Waals surface area contributed by atoms with Crippen molar-refractivity contribution >= 4 is 5.91 Å². The normalized spacial score (nSPS) is 10.2. The molecule has 0 spiro atoms. The summed E-state index contributed by atoms with van der Waals surface area (Å²) in [6.07, 6.45) is 5.76. The number of carbonyl (C=O) groups is 1. The summed E-state index contributed by atoms with van der Waals surface area (Å²) in [6.45, 7) is 5.09. The third kappa shape index (κ3) is 3.53. The van der Waals surface area contributed by atoms with Crippen molar-refractivity contribution in [3.63, 3.8) is 0 Å². The SMILES string of the molecule is CCCCn1cnc(C(=O)N(C#N)Cc2ccccc2)c1C. The Morgan fingerprint density at radius 2 is 2.09 bits per heavy atom. The summed E-state index contributed by atoms with van der Waals surface area (Å²) in [5, 5.41) is 9.28. The Labute approximate surface area is 130 Å². The number of hydrogen-bond acceptors (Lipinski definition) is 3. The van der Waals surface area contributed by atoms with Crippen LogP contribution in [0.1, 0.15) is 41.5 Å². The van der Waals surface area contributed by atoms with Crippen LogP contribution in [0.3, 0.4) is 0 Å². The van der Waals surface area contributed by atoms with Crippen LogP contribution in [0.25, 0.3) is 0 Å². The van der Waals surface area contributed by atoms with Crippen molar-refractivity contribution in [3.8, 4) is 6.19 Å². The molecule has 0 N–H and O–H groups in total. The first-order valence-electron chi connectivity index (χ1n) is 7.44. The van der Waals surface area contributed by atoms with Crippen LogP contribution in [0.15, 0.2) is 36.7 Å². The summed E-state index contributed by atoms with van der Waals surface area (Å²) in [4.78, 5) is 17.9. The highest BCUT2D eigenvalue weighted by atomic mass is 16.2. The van der Waals surface area contributed by atoms with E-state index < -0.39 is 0 Å². The van der Waals surface area contributed by atoms with E-state index in [1.54, 1.807) is 6.33 Å².